The van der Waals surface area contributed by atoms with Crippen LogP contribution in [0.5, 0.6) is 0 Å². The molecule has 0 spiro atoms. The molecule has 3 rings (SSSR count). The van der Waals surface area contributed by atoms with Gasteiger partial charge in [0.25, 0.3) is 11.4 Å². The Kier molecular flexibility index (Phi) is 3.46. The molecular weight excluding hydrogens is 335 g/mol. The first-order valence-corrected chi connectivity index (χ1v) is 6.92. The molecule has 0 saturated carbocycles. The van der Waals surface area contributed by atoms with Crippen molar-refractivity contribution < 1.29 is 27.8 Å². The molecule has 0 aromatic heterocycles. The van der Waals surface area contributed by atoms with Crippen molar-refractivity contribution in [3.63, 3.8) is 0 Å². The van der Waals surface area contributed by atoms with Crippen molar-refractivity contribution in [1.29, 1.82) is 0 Å². The number of nitrogens with zero attached hydrogens (tertiary/aromatic N) is 3. The van der Waals surface area contributed by atoms with Crippen molar-refractivity contribution in [2.24, 2.45) is 0 Å². The van der Waals surface area contributed by atoms with Gasteiger partial charge in [0.1, 0.15) is 0 Å². The highest BCUT2D eigenvalue weighted by Crippen LogP contribution is 2.51. The Morgan fingerprint density at radius 3 is 2.29 bits per heavy atom. The van der Waals surface area contributed by atoms with Gasteiger partial charge in [-0.15, -0.1) is 0 Å². The van der Waals surface area contributed by atoms with E-state index in [1.165, 1.54) is 0 Å². The molecule has 1 aliphatic carbocycles. The van der Waals surface area contributed by atoms with Gasteiger partial charge in [0.05, 0.1) is 15.9 Å². The van der Waals surface area contributed by atoms with Crippen LogP contribution in [0, 0.1) is 20.2 Å². The summed E-state index contributed by atoms with van der Waals surface area (Å²) >= 11 is 0. The number of benzene rings is 1. The maximum atomic E-state index is 12.6. The fraction of sp³-hybridized carbons (Fsp3) is 0.462. The van der Waals surface area contributed by atoms with E-state index in [2.05, 4.69) is 0 Å². The molecule has 1 amide bonds. The minimum atomic E-state index is -5.03. The van der Waals surface area contributed by atoms with Crippen molar-refractivity contribution in [2.45, 2.75) is 24.4 Å². The zero-order valence-corrected chi connectivity index (χ0v) is 11.9. The lowest BCUT2D eigenvalue weighted by Crippen LogP contribution is -2.46. The summed E-state index contributed by atoms with van der Waals surface area (Å²) in [6, 6.07) is 1.98. The van der Waals surface area contributed by atoms with Gasteiger partial charge in [-0.05, 0) is 12.0 Å². The third-order valence-corrected chi connectivity index (χ3v) is 4.41. The third kappa shape index (κ3) is 2.45. The summed E-state index contributed by atoms with van der Waals surface area (Å²) in [5, 5.41) is 22.2. The summed E-state index contributed by atoms with van der Waals surface area (Å²) in [4.78, 5) is 32.7. The summed E-state index contributed by atoms with van der Waals surface area (Å²) in [6.07, 6.45) is -4.69. The van der Waals surface area contributed by atoms with Crippen molar-refractivity contribution in [2.75, 3.05) is 13.1 Å². The lowest BCUT2D eigenvalue weighted by molar-refractivity contribution is -0.394. The molecule has 1 heterocycles. The second kappa shape index (κ2) is 5.14. The summed E-state index contributed by atoms with van der Waals surface area (Å²) in [7, 11) is 0. The lowest BCUT2D eigenvalue weighted by atomic mass is 9.95. The number of carbonyl (C=O) groups excluding carboxylic acids is 1. The van der Waals surface area contributed by atoms with Crippen LogP contribution in [0.1, 0.15) is 29.4 Å². The highest BCUT2D eigenvalue weighted by Gasteiger charge is 2.49. The Balaban J connectivity index is 2.05. The van der Waals surface area contributed by atoms with Crippen LogP contribution in [0.4, 0.5) is 24.5 Å². The first kappa shape index (κ1) is 16.1. The van der Waals surface area contributed by atoms with E-state index in [9.17, 15) is 38.2 Å². The summed E-state index contributed by atoms with van der Waals surface area (Å²) in [6.45, 7) is -0.555. The molecule has 1 aromatic rings. The molecule has 1 aliphatic heterocycles. The molecule has 1 fully saturated rings. The SMILES string of the molecule is O=C(N1C[C@@H]2C[C@H](C1)c1c2cc([N+](=O)[O-])cc1[N+](=O)[O-])C(F)(F)F. The average Bonchev–Trinajstić information content (AvgIpc) is 2.75. The fourth-order valence-corrected chi connectivity index (χ4v) is 3.56. The van der Waals surface area contributed by atoms with Crippen LogP contribution in [-0.2, 0) is 4.79 Å². The molecular formula is C13H10F3N3O5. The van der Waals surface area contributed by atoms with Crippen LogP contribution >= 0.6 is 0 Å². The molecule has 0 radical (unpaired) electrons. The van der Waals surface area contributed by atoms with Crippen LogP contribution < -0.4 is 0 Å². The molecule has 11 heteroatoms. The summed E-state index contributed by atoms with van der Waals surface area (Å²) in [5.41, 5.74) is -0.471. The molecule has 128 valence electrons. The Morgan fingerprint density at radius 2 is 1.75 bits per heavy atom. The molecule has 2 atom stereocenters. The minimum Gasteiger partial charge on any atom is -0.334 e. The quantitative estimate of drug-likeness (QED) is 0.604. The van der Waals surface area contributed by atoms with E-state index in [4.69, 9.17) is 0 Å². The smallest absolute Gasteiger partial charge is 0.334 e. The Morgan fingerprint density at radius 1 is 1.12 bits per heavy atom. The number of halogens is 3. The van der Waals surface area contributed by atoms with Gasteiger partial charge >= 0.3 is 12.1 Å². The normalized spacial score (nSPS) is 22.2. The predicted octanol–water partition coefficient (Wildman–Crippen LogP) is 2.48. The van der Waals surface area contributed by atoms with Gasteiger partial charge < -0.3 is 4.90 Å². The van der Waals surface area contributed by atoms with E-state index < -0.39 is 45.1 Å². The molecule has 2 bridgehead atoms. The maximum absolute atomic E-state index is 12.6. The monoisotopic (exact) mass is 345 g/mol. The van der Waals surface area contributed by atoms with E-state index >= 15 is 0 Å². The van der Waals surface area contributed by atoms with Gasteiger partial charge in [-0.3, -0.25) is 25.0 Å². The van der Waals surface area contributed by atoms with Crippen LogP contribution in [-0.4, -0.2) is 39.9 Å². The van der Waals surface area contributed by atoms with Crippen LogP contribution in [0.3, 0.4) is 0 Å². The van der Waals surface area contributed by atoms with E-state index in [1.54, 1.807) is 0 Å². The Bertz CT molecular complexity index is 764. The first-order chi connectivity index (χ1) is 11.1. The number of non-ortho nitro benzene ring substituents is 1. The number of carbonyl (C=O) groups is 1. The summed E-state index contributed by atoms with van der Waals surface area (Å²) in [5.74, 6) is -3.21. The number of rotatable bonds is 2. The molecule has 0 unspecified atom stereocenters. The second-order valence-corrected chi connectivity index (χ2v) is 5.82. The van der Waals surface area contributed by atoms with Gasteiger partial charge in [-0.1, -0.05) is 0 Å². The van der Waals surface area contributed by atoms with Crippen molar-refractivity contribution in [3.05, 3.63) is 43.5 Å². The number of hydrogen-bond donors (Lipinski definition) is 0. The van der Waals surface area contributed by atoms with E-state index in [1.807, 2.05) is 0 Å². The van der Waals surface area contributed by atoms with Crippen LogP contribution in [0.25, 0.3) is 0 Å². The molecule has 24 heavy (non-hydrogen) atoms. The highest BCUT2D eigenvalue weighted by atomic mass is 19.4. The predicted molar refractivity (Wildman–Crippen MR) is 72.5 cm³/mol. The number of hydrogen-bond acceptors (Lipinski definition) is 5. The average molecular weight is 345 g/mol. The van der Waals surface area contributed by atoms with Crippen molar-refractivity contribution in [3.8, 4) is 0 Å². The number of nitro benzene ring substituents is 2. The maximum Gasteiger partial charge on any atom is 0.471 e. The number of fused-ring (bicyclic) bond motifs is 5. The minimum absolute atomic E-state index is 0.202. The zero-order chi connectivity index (χ0) is 17.8. The zero-order valence-electron chi connectivity index (χ0n) is 11.9. The van der Waals surface area contributed by atoms with Gasteiger partial charge in [0.15, 0.2) is 0 Å². The van der Waals surface area contributed by atoms with Gasteiger partial charge in [-0.25, -0.2) is 0 Å². The van der Waals surface area contributed by atoms with E-state index in [0.29, 0.717) is 16.9 Å². The number of amides is 1. The molecule has 2 aliphatic rings. The number of piperidine rings is 1. The standard InChI is InChI=1S/C13H10F3N3O5/c14-13(15,16)12(20)17-4-6-1-7(5-17)11-9(6)2-8(18(21)22)3-10(11)19(23)24/h2-3,6-7H,1,4-5H2/t6-,7+/m0/s1. The highest BCUT2D eigenvalue weighted by molar-refractivity contribution is 5.82. The lowest BCUT2D eigenvalue weighted by Gasteiger charge is -2.32. The number of alkyl halides is 3. The second-order valence-electron chi connectivity index (χ2n) is 5.82. The fourth-order valence-electron chi connectivity index (χ4n) is 3.56. The molecule has 1 aromatic carbocycles. The number of likely N-dealkylation sites (tertiary alicyclic amines) is 1. The molecule has 8 nitrogen and oxygen atoms in total. The van der Waals surface area contributed by atoms with Crippen LogP contribution in [0.2, 0.25) is 0 Å². The first-order valence-electron chi connectivity index (χ1n) is 6.92. The van der Waals surface area contributed by atoms with E-state index in [0.717, 1.165) is 12.1 Å². The topological polar surface area (TPSA) is 107 Å². The Hall–Kier alpha value is -2.72. The van der Waals surface area contributed by atoms with Crippen LogP contribution in [0.15, 0.2) is 12.1 Å². The van der Waals surface area contributed by atoms with Gasteiger partial charge in [-0.2, -0.15) is 13.2 Å². The Labute approximate surface area is 132 Å². The molecule has 0 N–H and O–H groups in total. The van der Waals surface area contributed by atoms with Gasteiger partial charge in [0.2, 0.25) is 0 Å². The molecule has 1 saturated heterocycles. The van der Waals surface area contributed by atoms with Gasteiger partial charge in [0, 0.05) is 36.6 Å². The number of nitro groups is 2. The summed E-state index contributed by atoms with van der Waals surface area (Å²) < 4.78 is 37.9. The van der Waals surface area contributed by atoms with Crippen molar-refractivity contribution >= 4 is 17.3 Å². The third-order valence-electron chi connectivity index (χ3n) is 4.41. The van der Waals surface area contributed by atoms with E-state index in [-0.39, 0.29) is 18.7 Å². The largest absolute Gasteiger partial charge is 0.471 e. The van der Waals surface area contributed by atoms with Crippen molar-refractivity contribution in [1.82, 2.24) is 4.90 Å².